The fourth-order valence-corrected chi connectivity index (χ4v) is 9.36. The standard InChI is InChI=1S/C32H37ClN2O/c1-31-17-16-27-24(26(31)14-15-29(31)36)13-10-21-18-28-25(19-32(21,27)2)30(20-8-11-22(33)12-9-20)35(34-28)23-6-4-3-5-7-23/h3-9,11-12,21,24,26-27,29,36H,10,13-19H2,1-2H3/t21-,24-,26-,27-,29-,31-,32-/m0/s1. The summed E-state index contributed by atoms with van der Waals surface area (Å²) >= 11 is 6.29. The van der Waals surface area contributed by atoms with Gasteiger partial charge in [0.15, 0.2) is 0 Å². The van der Waals surface area contributed by atoms with Gasteiger partial charge in [-0.15, -0.1) is 0 Å². The van der Waals surface area contributed by atoms with Crippen LogP contribution in [0, 0.1) is 34.5 Å². The summed E-state index contributed by atoms with van der Waals surface area (Å²) in [5, 5.41) is 16.9. The Bertz CT molecular complexity index is 1280. The highest BCUT2D eigenvalue weighted by molar-refractivity contribution is 6.30. The molecule has 0 saturated heterocycles. The maximum absolute atomic E-state index is 10.9. The monoisotopic (exact) mass is 500 g/mol. The number of aliphatic hydroxyl groups excluding tert-OH is 1. The highest BCUT2D eigenvalue weighted by Gasteiger charge is 2.60. The Morgan fingerprint density at radius 1 is 0.889 bits per heavy atom. The van der Waals surface area contributed by atoms with Crippen molar-refractivity contribution in [3.05, 3.63) is 70.9 Å². The van der Waals surface area contributed by atoms with Crippen LogP contribution in [0.25, 0.3) is 16.9 Å². The van der Waals surface area contributed by atoms with Gasteiger partial charge in [0.05, 0.1) is 23.2 Å². The van der Waals surface area contributed by atoms with E-state index in [-0.39, 0.29) is 16.9 Å². The molecule has 0 radical (unpaired) electrons. The molecule has 4 heteroatoms. The number of fused-ring (bicyclic) bond motifs is 6. The van der Waals surface area contributed by atoms with E-state index in [4.69, 9.17) is 16.7 Å². The van der Waals surface area contributed by atoms with Gasteiger partial charge in [-0.2, -0.15) is 5.10 Å². The second-order valence-corrected chi connectivity index (χ2v) is 13.1. The van der Waals surface area contributed by atoms with E-state index in [0.29, 0.717) is 11.8 Å². The maximum atomic E-state index is 10.9. The van der Waals surface area contributed by atoms with Crippen LogP contribution >= 0.6 is 11.6 Å². The molecule has 7 rings (SSSR count). The van der Waals surface area contributed by atoms with E-state index in [0.717, 1.165) is 41.8 Å². The molecule has 0 spiro atoms. The molecule has 0 unspecified atom stereocenters. The number of hydrogen-bond donors (Lipinski definition) is 1. The van der Waals surface area contributed by atoms with Crippen molar-refractivity contribution < 1.29 is 5.11 Å². The Labute approximate surface area is 219 Å². The Kier molecular flexibility index (Phi) is 5.25. The van der Waals surface area contributed by atoms with E-state index in [1.54, 1.807) is 0 Å². The predicted octanol–water partition coefficient (Wildman–Crippen LogP) is 7.51. The fraction of sp³-hybridized carbons (Fsp3) is 0.531. The van der Waals surface area contributed by atoms with Gasteiger partial charge in [-0.25, -0.2) is 4.68 Å². The molecule has 3 aromatic rings. The topological polar surface area (TPSA) is 38.0 Å². The van der Waals surface area contributed by atoms with Crippen molar-refractivity contribution in [2.75, 3.05) is 0 Å². The molecule has 0 bridgehead atoms. The van der Waals surface area contributed by atoms with E-state index in [1.807, 2.05) is 12.1 Å². The van der Waals surface area contributed by atoms with Crippen molar-refractivity contribution in [3.63, 3.8) is 0 Å². The zero-order chi connectivity index (χ0) is 24.7. The van der Waals surface area contributed by atoms with Crippen LogP contribution in [0.4, 0.5) is 0 Å². The minimum absolute atomic E-state index is 0.104. The van der Waals surface area contributed by atoms with Gasteiger partial charge >= 0.3 is 0 Å². The Morgan fingerprint density at radius 3 is 2.42 bits per heavy atom. The minimum atomic E-state index is -0.104. The SMILES string of the molecule is C[C@]12Cc3c(nn(-c4ccccc4)c3-c3ccc(Cl)cc3)C[C@@H]1CC[C@@H]1[C@@H]2CC[C@]2(C)[C@@H](O)CC[C@@H]12. The number of para-hydroxylation sites is 1. The maximum Gasteiger partial charge on any atom is 0.0776 e. The summed E-state index contributed by atoms with van der Waals surface area (Å²) in [6.07, 6.45) is 9.37. The van der Waals surface area contributed by atoms with Gasteiger partial charge in [-0.05, 0) is 110 Å². The van der Waals surface area contributed by atoms with Gasteiger partial charge < -0.3 is 5.11 Å². The van der Waals surface area contributed by atoms with E-state index >= 15 is 0 Å². The summed E-state index contributed by atoms with van der Waals surface area (Å²) in [5.74, 6) is 2.88. The number of benzene rings is 2. The summed E-state index contributed by atoms with van der Waals surface area (Å²) in [4.78, 5) is 0. The number of hydrogen-bond acceptors (Lipinski definition) is 2. The van der Waals surface area contributed by atoms with Crippen molar-refractivity contribution in [3.8, 4) is 16.9 Å². The molecule has 1 N–H and O–H groups in total. The largest absolute Gasteiger partial charge is 0.393 e. The van der Waals surface area contributed by atoms with E-state index in [9.17, 15) is 5.11 Å². The van der Waals surface area contributed by atoms with Crippen LogP contribution in [-0.4, -0.2) is 21.0 Å². The third-order valence-electron chi connectivity index (χ3n) is 11.2. The van der Waals surface area contributed by atoms with Crippen LogP contribution < -0.4 is 0 Å². The number of nitrogens with zero attached hydrogens (tertiary/aromatic N) is 2. The van der Waals surface area contributed by atoms with Gasteiger partial charge in [0, 0.05) is 16.1 Å². The first-order chi connectivity index (χ1) is 17.4. The van der Waals surface area contributed by atoms with Crippen LogP contribution in [0.5, 0.6) is 0 Å². The summed E-state index contributed by atoms with van der Waals surface area (Å²) < 4.78 is 2.19. The van der Waals surface area contributed by atoms with Gasteiger partial charge in [-0.3, -0.25) is 0 Å². The Hall–Kier alpha value is -2.10. The van der Waals surface area contributed by atoms with Gasteiger partial charge in [0.25, 0.3) is 0 Å². The number of halogens is 1. The number of aromatic nitrogens is 2. The molecule has 2 aromatic carbocycles. The highest BCUT2D eigenvalue weighted by atomic mass is 35.5. The second-order valence-electron chi connectivity index (χ2n) is 12.7. The Morgan fingerprint density at radius 2 is 1.64 bits per heavy atom. The molecule has 1 heterocycles. The zero-order valence-corrected chi connectivity index (χ0v) is 22.2. The van der Waals surface area contributed by atoms with Gasteiger partial charge in [0.1, 0.15) is 0 Å². The van der Waals surface area contributed by atoms with Crippen molar-refractivity contribution in [1.29, 1.82) is 0 Å². The predicted molar refractivity (Wildman–Crippen MR) is 145 cm³/mol. The van der Waals surface area contributed by atoms with Crippen LogP contribution in [0.2, 0.25) is 5.02 Å². The highest BCUT2D eigenvalue weighted by Crippen LogP contribution is 2.65. The average Bonchev–Trinajstić information content (AvgIpc) is 3.40. The molecule has 3 nitrogen and oxygen atoms in total. The third kappa shape index (κ3) is 3.24. The average molecular weight is 501 g/mol. The summed E-state index contributed by atoms with van der Waals surface area (Å²) in [6, 6.07) is 18.9. The molecule has 36 heavy (non-hydrogen) atoms. The normalized spacial score (nSPS) is 37.1. The van der Waals surface area contributed by atoms with Crippen LogP contribution in [0.3, 0.4) is 0 Å². The lowest BCUT2D eigenvalue weighted by Gasteiger charge is -2.60. The lowest BCUT2D eigenvalue weighted by atomic mass is 9.45. The number of aliphatic hydroxyl groups is 1. The first-order valence-electron chi connectivity index (χ1n) is 14.0. The van der Waals surface area contributed by atoms with Crippen LogP contribution in [0.1, 0.15) is 63.6 Å². The molecular formula is C32H37ClN2O. The molecule has 1 aromatic heterocycles. The molecule has 4 aliphatic carbocycles. The molecule has 4 aliphatic rings. The van der Waals surface area contributed by atoms with Crippen molar-refractivity contribution in [2.24, 2.45) is 34.5 Å². The smallest absolute Gasteiger partial charge is 0.0776 e. The molecule has 188 valence electrons. The van der Waals surface area contributed by atoms with E-state index < -0.39 is 0 Å². The minimum Gasteiger partial charge on any atom is -0.393 e. The molecule has 0 aliphatic heterocycles. The van der Waals surface area contributed by atoms with E-state index in [2.05, 4.69) is 61.0 Å². The van der Waals surface area contributed by atoms with Crippen molar-refractivity contribution in [1.82, 2.24) is 9.78 Å². The van der Waals surface area contributed by atoms with Crippen molar-refractivity contribution >= 4 is 11.6 Å². The quantitative estimate of drug-likeness (QED) is 0.395. The first-order valence-corrected chi connectivity index (χ1v) is 14.4. The zero-order valence-electron chi connectivity index (χ0n) is 21.5. The lowest BCUT2D eigenvalue weighted by molar-refractivity contribution is -0.111. The van der Waals surface area contributed by atoms with Gasteiger partial charge in [0.2, 0.25) is 0 Å². The summed E-state index contributed by atoms with van der Waals surface area (Å²) in [6.45, 7) is 5.00. The van der Waals surface area contributed by atoms with Crippen LogP contribution in [-0.2, 0) is 12.8 Å². The molecule has 7 atom stereocenters. The Balaban J connectivity index is 1.33. The third-order valence-corrected chi connectivity index (χ3v) is 11.4. The molecule has 3 saturated carbocycles. The molecule has 0 amide bonds. The van der Waals surface area contributed by atoms with Crippen LogP contribution in [0.15, 0.2) is 54.6 Å². The first kappa shape index (κ1) is 23.0. The number of rotatable bonds is 2. The van der Waals surface area contributed by atoms with Gasteiger partial charge in [-0.1, -0.05) is 55.8 Å². The summed E-state index contributed by atoms with van der Waals surface area (Å²) in [7, 11) is 0. The molecule has 3 fully saturated rings. The lowest BCUT2D eigenvalue weighted by Crippen LogP contribution is -2.54. The van der Waals surface area contributed by atoms with Crippen molar-refractivity contribution in [2.45, 2.75) is 71.3 Å². The second kappa shape index (κ2) is 8.20. The summed E-state index contributed by atoms with van der Waals surface area (Å²) in [5.41, 5.74) is 6.72. The molecular weight excluding hydrogens is 464 g/mol. The fourth-order valence-electron chi connectivity index (χ4n) is 9.24. The van der Waals surface area contributed by atoms with E-state index in [1.165, 1.54) is 54.6 Å².